The maximum Gasteiger partial charge on any atom is 0.263 e. The highest BCUT2D eigenvalue weighted by Crippen LogP contribution is 2.24. The number of thiophene rings is 1. The van der Waals surface area contributed by atoms with Crippen LogP contribution in [0.5, 0.6) is 0 Å². The van der Waals surface area contributed by atoms with Crippen LogP contribution in [0.25, 0.3) is 0 Å². The summed E-state index contributed by atoms with van der Waals surface area (Å²) in [6.07, 6.45) is 0.895. The van der Waals surface area contributed by atoms with Crippen molar-refractivity contribution >= 4 is 27.3 Å². The molecule has 22 heavy (non-hydrogen) atoms. The first kappa shape index (κ1) is 15.9. The van der Waals surface area contributed by atoms with E-state index in [2.05, 4.69) is 22.2 Å². The summed E-state index contributed by atoms with van der Waals surface area (Å²) in [6, 6.07) is 1.89. The molecule has 1 aromatic heterocycles. The molecule has 1 amide bonds. The first-order valence-electron chi connectivity index (χ1n) is 7.18. The summed E-state index contributed by atoms with van der Waals surface area (Å²) in [5, 5.41) is 9.67. The van der Waals surface area contributed by atoms with Gasteiger partial charge in [-0.25, -0.2) is 13.6 Å². The van der Waals surface area contributed by atoms with Gasteiger partial charge in [-0.05, 0) is 24.9 Å². The van der Waals surface area contributed by atoms with Gasteiger partial charge in [0.15, 0.2) is 0 Å². The second kappa shape index (κ2) is 5.89. The van der Waals surface area contributed by atoms with E-state index in [1.54, 1.807) is 5.38 Å². The van der Waals surface area contributed by atoms with Gasteiger partial charge in [0.25, 0.3) is 5.91 Å². The number of rotatable bonds is 3. The number of hydrogen-bond acceptors (Lipinski definition) is 6. The van der Waals surface area contributed by atoms with Crippen LogP contribution in [-0.2, 0) is 10.0 Å². The molecule has 9 heteroatoms. The zero-order valence-corrected chi connectivity index (χ0v) is 14.0. The third kappa shape index (κ3) is 3.18. The minimum absolute atomic E-state index is 0.0550. The summed E-state index contributed by atoms with van der Waals surface area (Å²) in [7, 11) is -1.76. The van der Waals surface area contributed by atoms with Crippen LogP contribution in [0, 0.1) is 0 Å². The third-order valence-electron chi connectivity index (χ3n) is 4.30. The number of hydrogen-bond donors (Lipinski definition) is 2. The molecule has 2 aliphatic rings. The van der Waals surface area contributed by atoms with Gasteiger partial charge in [0.2, 0.25) is 10.0 Å². The highest BCUT2D eigenvalue weighted by Gasteiger charge is 2.36. The number of likely N-dealkylation sites (N-methyl/N-ethyl adjacent to an activating group) is 1. The molecule has 3 heterocycles. The summed E-state index contributed by atoms with van der Waals surface area (Å²) in [5.74, 6) is -0.350. The van der Waals surface area contributed by atoms with Crippen LogP contribution in [0.2, 0.25) is 0 Å². The molecule has 3 N–H and O–H groups in total. The van der Waals surface area contributed by atoms with Crippen LogP contribution in [0.15, 0.2) is 16.3 Å². The van der Waals surface area contributed by atoms with Crippen molar-refractivity contribution in [3.8, 4) is 0 Å². The van der Waals surface area contributed by atoms with Gasteiger partial charge in [0.1, 0.15) is 9.77 Å². The van der Waals surface area contributed by atoms with Crippen LogP contribution in [0.3, 0.4) is 0 Å². The third-order valence-corrected chi connectivity index (χ3v) is 6.29. The highest BCUT2D eigenvalue weighted by molar-refractivity contribution is 7.89. The van der Waals surface area contributed by atoms with Crippen molar-refractivity contribution in [3.05, 3.63) is 16.3 Å². The highest BCUT2D eigenvalue weighted by atomic mass is 32.2. The lowest BCUT2D eigenvalue weighted by Gasteiger charge is -2.34. The van der Waals surface area contributed by atoms with E-state index >= 15 is 0 Å². The predicted molar refractivity (Wildman–Crippen MR) is 84.4 cm³/mol. The van der Waals surface area contributed by atoms with Crippen LogP contribution >= 0.6 is 11.3 Å². The molecule has 0 aliphatic carbocycles. The maximum atomic E-state index is 12.3. The first-order chi connectivity index (χ1) is 10.3. The van der Waals surface area contributed by atoms with Crippen LogP contribution in [0.4, 0.5) is 0 Å². The average Bonchev–Trinajstić information content (AvgIpc) is 3.02. The van der Waals surface area contributed by atoms with E-state index in [0.29, 0.717) is 6.04 Å². The monoisotopic (exact) mass is 344 g/mol. The molecule has 2 fully saturated rings. The van der Waals surface area contributed by atoms with E-state index in [1.165, 1.54) is 6.07 Å². The van der Waals surface area contributed by atoms with E-state index < -0.39 is 10.0 Å². The SMILES string of the molecule is CN1CCN2C[C@@H](NC(=O)c3sccc3S(N)(=O)=O)C[C@H]2C1. The summed E-state index contributed by atoms with van der Waals surface area (Å²) in [4.78, 5) is 17.1. The lowest BCUT2D eigenvalue weighted by molar-refractivity contribution is 0.0937. The van der Waals surface area contributed by atoms with Crippen LogP contribution in [0.1, 0.15) is 16.1 Å². The van der Waals surface area contributed by atoms with Crippen LogP contribution < -0.4 is 10.5 Å². The van der Waals surface area contributed by atoms with Crippen molar-refractivity contribution in [2.45, 2.75) is 23.4 Å². The molecule has 0 saturated carbocycles. The van der Waals surface area contributed by atoms with E-state index in [4.69, 9.17) is 5.14 Å². The molecule has 0 radical (unpaired) electrons. The number of carbonyl (C=O) groups is 1. The number of sulfonamides is 1. The molecule has 122 valence electrons. The summed E-state index contributed by atoms with van der Waals surface area (Å²) in [5.41, 5.74) is 0. The molecule has 2 aliphatic heterocycles. The van der Waals surface area contributed by atoms with Gasteiger partial charge in [-0.1, -0.05) is 0 Å². The molecule has 2 atom stereocenters. The van der Waals surface area contributed by atoms with Crippen molar-refractivity contribution in [1.82, 2.24) is 15.1 Å². The fourth-order valence-corrected chi connectivity index (χ4v) is 5.12. The smallest absolute Gasteiger partial charge is 0.263 e. The Morgan fingerprint density at radius 2 is 2.18 bits per heavy atom. The molecule has 3 rings (SSSR count). The van der Waals surface area contributed by atoms with Gasteiger partial charge < -0.3 is 10.2 Å². The lowest BCUT2D eigenvalue weighted by Crippen LogP contribution is -2.48. The fraction of sp³-hybridized carbons (Fsp3) is 0.615. The Morgan fingerprint density at radius 1 is 1.41 bits per heavy atom. The Morgan fingerprint density at radius 3 is 2.91 bits per heavy atom. The molecule has 0 spiro atoms. The van der Waals surface area contributed by atoms with E-state index in [1.807, 2.05) is 0 Å². The van der Waals surface area contributed by atoms with Gasteiger partial charge in [0, 0.05) is 38.3 Å². The van der Waals surface area contributed by atoms with Gasteiger partial charge in [-0.2, -0.15) is 0 Å². The van der Waals surface area contributed by atoms with Crippen LogP contribution in [-0.4, -0.2) is 69.4 Å². The van der Waals surface area contributed by atoms with Gasteiger partial charge in [-0.15, -0.1) is 11.3 Å². The number of piperazine rings is 1. The number of amides is 1. The van der Waals surface area contributed by atoms with Gasteiger partial charge in [0.05, 0.1) is 0 Å². The minimum atomic E-state index is -3.86. The molecule has 2 saturated heterocycles. The Bertz CT molecular complexity index is 673. The Labute approximate surface area is 134 Å². The average molecular weight is 344 g/mol. The topological polar surface area (TPSA) is 95.7 Å². The number of primary sulfonamides is 1. The molecule has 0 bridgehead atoms. The Balaban J connectivity index is 1.67. The molecular formula is C13H20N4O3S2. The molecule has 0 aromatic carbocycles. The minimum Gasteiger partial charge on any atom is -0.347 e. The Hall–Kier alpha value is -1.00. The lowest BCUT2D eigenvalue weighted by atomic mass is 10.1. The van der Waals surface area contributed by atoms with Gasteiger partial charge in [-0.3, -0.25) is 9.69 Å². The van der Waals surface area contributed by atoms with Crippen molar-refractivity contribution in [2.24, 2.45) is 5.14 Å². The second-order valence-electron chi connectivity index (χ2n) is 5.98. The van der Waals surface area contributed by atoms with Crippen molar-refractivity contribution in [3.63, 3.8) is 0 Å². The molecule has 0 unspecified atom stereocenters. The zero-order chi connectivity index (χ0) is 15.9. The van der Waals surface area contributed by atoms with E-state index in [-0.39, 0.29) is 21.7 Å². The van der Waals surface area contributed by atoms with E-state index in [9.17, 15) is 13.2 Å². The molecule has 7 nitrogen and oxygen atoms in total. The maximum absolute atomic E-state index is 12.3. The summed E-state index contributed by atoms with van der Waals surface area (Å²) < 4.78 is 23.0. The van der Waals surface area contributed by atoms with Gasteiger partial charge >= 0.3 is 0 Å². The summed E-state index contributed by atoms with van der Waals surface area (Å²) >= 11 is 1.10. The standard InChI is InChI=1S/C13H20N4O3S2/c1-16-3-4-17-7-9(6-10(17)8-16)15-13(18)12-11(2-5-21-12)22(14,19)20/h2,5,9-10H,3-4,6-8H2,1H3,(H,15,18)(H2,14,19,20)/t9-,10-/m0/s1. The van der Waals surface area contributed by atoms with Crippen molar-refractivity contribution < 1.29 is 13.2 Å². The largest absolute Gasteiger partial charge is 0.347 e. The van der Waals surface area contributed by atoms with Crippen molar-refractivity contribution in [2.75, 3.05) is 33.2 Å². The number of nitrogens with zero attached hydrogens (tertiary/aromatic N) is 2. The van der Waals surface area contributed by atoms with Crippen molar-refractivity contribution in [1.29, 1.82) is 0 Å². The predicted octanol–water partition coefficient (Wildman–Crippen LogP) is -0.486. The zero-order valence-electron chi connectivity index (χ0n) is 12.4. The number of nitrogens with two attached hydrogens (primary N) is 1. The quantitative estimate of drug-likeness (QED) is 0.772. The number of carbonyl (C=O) groups excluding carboxylic acids is 1. The second-order valence-corrected chi connectivity index (χ2v) is 8.42. The molecular weight excluding hydrogens is 324 g/mol. The Kier molecular flexibility index (Phi) is 4.25. The van der Waals surface area contributed by atoms with E-state index in [0.717, 1.165) is 43.9 Å². The number of fused-ring (bicyclic) bond motifs is 1. The summed E-state index contributed by atoms with van der Waals surface area (Å²) in [6.45, 7) is 3.88. The number of nitrogens with one attached hydrogen (secondary N) is 1. The normalized spacial score (nSPS) is 26.8. The first-order valence-corrected chi connectivity index (χ1v) is 9.61. The molecule has 1 aromatic rings. The fourth-order valence-electron chi connectivity index (χ4n) is 3.24.